The highest BCUT2D eigenvalue weighted by atomic mass is 16.4. The number of aromatic carboxylic acids is 1. The van der Waals surface area contributed by atoms with Crippen LogP contribution in [0.25, 0.3) is 0 Å². The van der Waals surface area contributed by atoms with E-state index in [1.807, 2.05) is 6.92 Å². The molecule has 1 aromatic heterocycles. The number of aryl methyl sites for hydroxylation is 1. The van der Waals surface area contributed by atoms with E-state index < -0.39 is 5.97 Å². The molecule has 0 amide bonds. The molecule has 108 valence electrons. The number of carboxylic acids is 1. The Labute approximate surface area is 119 Å². The van der Waals surface area contributed by atoms with Crippen molar-refractivity contribution in [3.8, 4) is 0 Å². The van der Waals surface area contributed by atoms with Crippen molar-refractivity contribution in [1.82, 2.24) is 4.98 Å². The predicted octanol–water partition coefficient (Wildman–Crippen LogP) is 3.25. The number of hydrogen-bond acceptors (Lipinski definition) is 3. The van der Waals surface area contributed by atoms with Gasteiger partial charge in [0.25, 0.3) is 0 Å². The molecule has 3 rings (SSSR count). The third-order valence-corrected chi connectivity index (χ3v) is 4.76. The van der Waals surface area contributed by atoms with Crippen LogP contribution >= 0.6 is 0 Å². The number of carbonyl (C=O) groups is 1. The molecule has 4 heteroatoms. The van der Waals surface area contributed by atoms with E-state index in [1.54, 1.807) is 12.1 Å². The molecule has 2 aliphatic rings. The average Bonchev–Trinajstić information content (AvgIpc) is 2.46. The van der Waals surface area contributed by atoms with Gasteiger partial charge in [-0.25, -0.2) is 9.78 Å². The van der Waals surface area contributed by atoms with Crippen molar-refractivity contribution < 1.29 is 9.90 Å². The van der Waals surface area contributed by atoms with E-state index in [4.69, 9.17) is 0 Å². The summed E-state index contributed by atoms with van der Waals surface area (Å²) in [5.41, 5.74) is 1.24. The second-order valence-corrected chi connectivity index (χ2v) is 6.08. The second kappa shape index (κ2) is 5.43. The van der Waals surface area contributed by atoms with Gasteiger partial charge in [-0.15, -0.1) is 0 Å². The number of nitrogens with zero attached hydrogens (tertiary/aromatic N) is 2. The van der Waals surface area contributed by atoms with E-state index in [1.165, 1.54) is 32.1 Å². The van der Waals surface area contributed by atoms with Crippen LogP contribution in [-0.2, 0) is 0 Å². The lowest BCUT2D eigenvalue weighted by atomic mass is 9.78. The molecule has 0 aromatic carbocycles. The summed E-state index contributed by atoms with van der Waals surface area (Å²) in [5.74, 6) is 0.543. The monoisotopic (exact) mass is 274 g/mol. The fraction of sp³-hybridized carbons (Fsp3) is 0.625. The highest BCUT2D eigenvalue weighted by molar-refractivity contribution is 5.93. The summed E-state index contributed by atoms with van der Waals surface area (Å²) < 4.78 is 0. The highest BCUT2D eigenvalue weighted by Crippen LogP contribution is 2.38. The molecule has 1 aliphatic carbocycles. The van der Waals surface area contributed by atoms with Crippen molar-refractivity contribution in [3.63, 3.8) is 0 Å². The Hall–Kier alpha value is -1.58. The van der Waals surface area contributed by atoms with Gasteiger partial charge in [-0.1, -0.05) is 12.8 Å². The van der Waals surface area contributed by atoms with Crippen molar-refractivity contribution >= 4 is 11.8 Å². The minimum Gasteiger partial charge on any atom is -0.478 e. The Morgan fingerprint density at radius 2 is 2.00 bits per heavy atom. The largest absolute Gasteiger partial charge is 0.478 e. The molecule has 1 aliphatic heterocycles. The first-order valence-electron chi connectivity index (χ1n) is 7.64. The average molecular weight is 274 g/mol. The Morgan fingerprint density at radius 3 is 2.80 bits per heavy atom. The van der Waals surface area contributed by atoms with Gasteiger partial charge in [0.1, 0.15) is 11.4 Å². The quantitative estimate of drug-likeness (QED) is 0.899. The van der Waals surface area contributed by atoms with Crippen LogP contribution in [0.15, 0.2) is 12.1 Å². The molecule has 4 nitrogen and oxygen atoms in total. The highest BCUT2D eigenvalue weighted by Gasteiger charge is 2.35. The van der Waals surface area contributed by atoms with Crippen LogP contribution in [0.4, 0.5) is 5.82 Å². The maximum absolute atomic E-state index is 11.5. The lowest BCUT2D eigenvalue weighted by molar-refractivity contribution is 0.0696. The minimum absolute atomic E-state index is 0.349. The van der Waals surface area contributed by atoms with Crippen molar-refractivity contribution in [2.24, 2.45) is 5.92 Å². The van der Waals surface area contributed by atoms with E-state index in [2.05, 4.69) is 9.88 Å². The van der Waals surface area contributed by atoms with Gasteiger partial charge in [0.15, 0.2) is 0 Å². The molecule has 2 atom stereocenters. The first-order valence-corrected chi connectivity index (χ1v) is 7.64. The van der Waals surface area contributed by atoms with Crippen molar-refractivity contribution in [2.75, 3.05) is 11.4 Å². The molecule has 1 aromatic rings. The fourth-order valence-corrected chi connectivity index (χ4v) is 3.82. The lowest BCUT2D eigenvalue weighted by Crippen LogP contribution is -2.47. The molecule has 2 heterocycles. The van der Waals surface area contributed by atoms with Gasteiger partial charge >= 0.3 is 5.97 Å². The van der Waals surface area contributed by atoms with E-state index in [-0.39, 0.29) is 0 Å². The maximum atomic E-state index is 11.5. The second-order valence-electron chi connectivity index (χ2n) is 6.08. The molecule has 0 spiro atoms. The smallest absolute Gasteiger partial charge is 0.339 e. The summed E-state index contributed by atoms with van der Waals surface area (Å²) in [7, 11) is 0. The van der Waals surface area contributed by atoms with E-state index >= 15 is 0 Å². The fourth-order valence-electron chi connectivity index (χ4n) is 3.82. The molecule has 2 unspecified atom stereocenters. The summed E-state index contributed by atoms with van der Waals surface area (Å²) in [6.45, 7) is 2.87. The summed E-state index contributed by atoms with van der Waals surface area (Å²) in [6, 6.07) is 3.98. The molecule has 1 saturated heterocycles. The zero-order valence-corrected chi connectivity index (χ0v) is 12.0. The minimum atomic E-state index is -0.870. The Morgan fingerprint density at radius 1 is 1.25 bits per heavy atom. The van der Waals surface area contributed by atoms with Gasteiger partial charge in [0.05, 0.1) is 0 Å². The van der Waals surface area contributed by atoms with Gasteiger partial charge in [-0.05, 0) is 50.7 Å². The molecular weight excluding hydrogens is 252 g/mol. The van der Waals surface area contributed by atoms with Crippen LogP contribution in [0.2, 0.25) is 0 Å². The van der Waals surface area contributed by atoms with Crippen LogP contribution in [0.1, 0.15) is 54.6 Å². The first-order chi connectivity index (χ1) is 9.66. The van der Waals surface area contributed by atoms with E-state index in [0.29, 0.717) is 17.4 Å². The van der Waals surface area contributed by atoms with E-state index in [0.717, 1.165) is 24.6 Å². The molecule has 1 N–H and O–H groups in total. The van der Waals surface area contributed by atoms with E-state index in [9.17, 15) is 9.90 Å². The maximum Gasteiger partial charge on any atom is 0.339 e. The Bertz CT molecular complexity index is 513. The Balaban J connectivity index is 1.98. The number of carboxylic acid groups (broad SMARTS) is 1. The van der Waals surface area contributed by atoms with Crippen molar-refractivity contribution in [2.45, 2.75) is 51.5 Å². The lowest BCUT2D eigenvalue weighted by Gasteiger charge is -2.45. The standard InChI is InChI=1S/C16H22N2O2/c1-11-8-9-13(16(19)20)15(17-11)18-10-4-6-12-5-2-3-7-14(12)18/h8-9,12,14H,2-7,10H2,1H3,(H,19,20). The number of hydrogen-bond donors (Lipinski definition) is 1. The summed E-state index contributed by atoms with van der Waals surface area (Å²) in [5, 5.41) is 9.42. The van der Waals surface area contributed by atoms with Crippen LogP contribution in [-0.4, -0.2) is 28.6 Å². The normalized spacial score (nSPS) is 26.1. The molecule has 0 radical (unpaired) electrons. The molecule has 20 heavy (non-hydrogen) atoms. The van der Waals surface area contributed by atoms with Crippen LogP contribution in [0.5, 0.6) is 0 Å². The van der Waals surface area contributed by atoms with Crippen LogP contribution < -0.4 is 4.90 Å². The number of piperidine rings is 1. The number of rotatable bonds is 2. The zero-order chi connectivity index (χ0) is 14.1. The predicted molar refractivity (Wildman–Crippen MR) is 78.3 cm³/mol. The Kier molecular flexibility index (Phi) is 3.64. The van der Waals surface area contributed by atoms with Crippen LogP contribution in [0, 0.1) is 12.8 Å². The van der Waals surface area contributed by atoms with Gasteiger partial charge in [-0.2, -0.15) is 0 Å². The number of fused-ring (bicyclic) bond motifs is 1. The van der Waals surface area contributed by atoms with Gasteiger partial charge < -0.3 is 10.0 Å². The van der Waals surface area contributed by atoms with Gasteiger partial charge in [0.2, 0.25) is 0 Å². The summed E-state index contributed by atoms with van der Waals surface area (Å²) in [6.07, 6.45) is 7.48. The molecular formula is C16H22N2O2. The van der Waals surface area contributed by atoms with Crippen molar-refractivity contribution in [1.29, 1.82) is 0 Å². The zero-order valence-electron chi connectivity index (χ0n) is 12.0. The molecule has 0 bridgehead atoms. The first kappa shape index (κ1) is 13.4. The summed E-state index contributed by atoms with van der Waals surface area (Å²) in [4.78, 5) is 18.3. The molecule has 2 fully saturated rings. The third kappa shape index (κ3) is 2.39. The van der Waals surface area contributed by atoms with Crippen molar-refractivity contribution in [3.05, 3.63) is 23.4 Å². The summed E-state index contributed by atoms with van der Waals surface area (Å²) >= 11 is 0. The number of anilines is 1. The van der Waals surface area contributed by atoms with Crippen LogP contribution in [0.3, 0.4) is 0 Å². The number of aromatic nitrogens is 1. The SMILES string of the molecule is Cc1ccc(C(=O)O)c(N2CCCC3CCCCC32)n1. The molecule has 1 saturated carbocycles. The van der Waals surface area contributed by atoms with Gasteiger partial charge in [0, 0.05) is 18.3 Å². The van der Waals surface area contributed by atoms with Gasteiger partial charge in [-0.3, -0.25) is 0 Å². The third-order valence-electron chi connectivity index (χ3n) is 4.76. The number of pyridine rings is 1. The topological polar surface area (TPSA) is 53.4 Å².